The number of para-hydroxylation sites is 1. The highest BCUT2D eigenvalue weighted by atomic mass is 16.5. The normalized spacial score (nSPS) is 17.0. The fourth-order valence-corrected chi connectivity index (χ4v) is 2.55. The van der Waals surface area contributed by atoms with Crippen LogP contribution in [0, 0.1) is 0 Å². The largest absolute Gasteiger partial charge is 0.409 e. The summed E-state index contributed by atoms with van der Waals surface area (Å²) in [5.74, 6) is 0.822. The van der Waals surface area contributed by atoms with Crippen LogP contribution in [-0.2, 0) is 4.74 Å². The van der Waals surface area contributed by atoms with Gasteiger partial charge in [-0.05, 0) is 18.6 Å². The van der Waals surface area contributed by atoms with Crippen LogP contribution in [-0.4, -0.2) is 42.3 Å². The number of nitrogens with zero attached hydrogens (tertiary/aromatic N) is 3. The van der Waals surface area contributed by atoms with Gasteiger partial charge in [0.15, 0.2) is 5.84 Å². The molecule has 1 aliphatic heterocycles. The van der Waals surface area contributed by atoms with Crippen molar-refractivity contribution in [1.29, 1.82) is 0 Å². The lowest BCUT2D eigenvalue weighted by Crippen LogP contribution is -2.30. The van der Waals surface area contributed by atoms with E-state index in [2.05, 4.69) is 10.1 Å². The van der Waals surface area contributed by atoms with Gasteiger partial charge in [0.1, 0.15) is 5.82 Å². The average Bonchev–Trinajstić information content (AvgIpc) is 2.82. The number of pyridine rings is 1. The van der Waals surface area contributed by atoms with E-state index in [0.717, 1.165) is 42.8 Å². The van der Waals surface area contributed by atoms with Crippen LogP contribution in [0.5, 0.6) is 0 Å². The number of benzene rings is 1. The Morgan fingerprint density at radius 1 is 1.29 bits per heavy atom. The second kappa shape index (κ2) is 5.97. The Hall–Kier alpha value is -2.34. The Labute approximate surface area is 122 Å². The minimum Gasteiger partial charge on any atom is -0.409 e. The summed E-state index contributed by atoms with van der Waals surface area (Å²) in [5.41, 5.74) is 7.38. The molecule has 0 saturated carbocycles. The molecule has 0 unspecified atom stereocenters. The zero-order chi connectivity index (χ0) is 14.7. The summed E-state index contributed by atoms with van der Waals surface area (Å²) in [7, 11) is 0. The van der Waals surface area contributed by atoms with Crippen molar-refractivity contribution in [3.63, 3.8) is 0 Å². The summed E-state index contributed by atoms with van der Waals surface area (Å²) < 4.78 is 5.48. The molecule has 1 saturated heterocycles. The van der Waals surface area contributed by atoms with Crippen LogP contribution in [0.3, 0.4) is 0 Å². The Balaban J connectivity index is 2.13. The standard InChI is InChI=1S/C15H18N4O2/c16-14(18-20)12-10-11-4-1-2-5-13(11)17-15(12)19-6-3-8-21-9-7-19/h1-2,4-5,10,20H,3,6-9H2,(H2,16,18). The fraction of sp³-hybridized carbons (Fsp3) is 0.333. The molecule has 3 rings (SSSR count). The molecule has 0 radical (unpaired) electrons. The number of hydrogen-bond acceptors (Lipinski definition) is 5. The van der Waals surface area contributed by atoms with Crippen LogP contribution < -0.4 is 10.6 Å². The van der Waals surface area contributed by atoms with E-state index in [0.29, 0.717) is 12.2 Å². The molecule has 2 aromatic rings. The lowest BCUT2D eigenvalue weighted by atomic mass is 10.1. The van der Waals surface area contributed by atoms with Crippen LogP contribution >= 0.6 is 0 Å². The maximum atomic E-state index is 9.03. The number of rotatable bonds is 2. The minimum absolute atomic E-state index is 0.0772. The summed E-state index contributed by atoms with van der Waals surface area (Å²) in [6.07, 6.45) is 0.935. The number of aromatic nitrogens is 1. The van der Waals surface area contributed by atoms with Gasteiger partial charge in [-0.15, -0.1) is 0 Å². The summed E-state index contributed by atoms with van der Waals surface area (Å²) in [6.45, 7) is 3.00. The van der Waals surface area contributed by atoms with Crippen molar-refractivity contribution >= 4 is 22.6 Å². The number of hydrogen-bond donors (Lipinski definition) is 2. The molecule has 1 aromatic carbocycles. The monoisotopic (exact) mass is 286 g/mol. The van der Waals surface area contributed by atoms with E-state index in [1.807, 2.05) is 30.3 Å². The molecule has 0 amide bonds. The number of anilines is 1. The molecule has 110 valence electrons. The molecule has 6 nitrogen and oxygen atoms in total. The van der Waals surface area contributed by atoms with E-state index >= 15 is 0 Å². The number of fused-ring (bicyclic) bond motifs is 1. The van der Waals surface area contributed by atoms with Crippen molar-refractivity contribution in [2.45, 2.75) is 6.42 Å². The van der Waals surface area contributed by atoms with E-state index in [4.69, 9.17) is 20.7 Å². The van der Waals surface area contributed by atoms with Crippen molar-refractivity contribution in [2.75, 3.05) is 31.2 Å². The van der Waals surface area contributed by atoms with Crippen LogP contribution in [0.2, 0.25) is 0 Å². The van der Waals surface area contributed by atoms with Gasteiger partial charge in [-0.2, -0.15) is 0 Å². The molecule has 0 atom stereocenters. The molecule has 3 N–H and O–H groups in total. The highest BCUT2D eigenvalue weighted by Crippen LogP contribution is 2.24. The zero-order valence-electron chi connectivity index (χ0n) is 11.7. The van der Waals surface area contributed by atoms with E-state index in [-0.39, 0.29) is 5.84 Å². The van der Waals surface area contributed by atoms with E-state index < -0.39 is 0 Å². The summed E-state index contributed by atoms with van der Waals surface area (Å²) in [5, 5.41) is 13.1. The van der Waals surface area contributed by atoms with Crippen LogP contribution in [0.25, 0.3) is 10.9 Å². The van der Waals surface area contributed by atoms with Crippen molar-refractivity contribution in [1.82, 2.24) is 4.98 Å². The Morgan fingerprint density at radius 3 is 3.00 bits per heavy atom. The molecule has 1 aliphatic rings. The van der Waals surface area contributed by atoms with Gasteiger partial charge in [-0.25, -0.2) is 4.98 Å². The summed E-state index contributed by atoms with van der Waals surface area (Å²) >= 11 is 0. The van der Waals surface area contributed by atoms with Crippen LogP contribution in [0.1, 0.15) is 12.0 Å². The van der Waals surface area contributed by atoms with Crippen molar-refractivity contribution in [3.8, 4) is 0 Å². The fourth-order valence-electron chi connectivity index (χ4n) is 2.55. The molecule has 0 spiro atoms. The lowest BCUT2D eigenvalue weighted by molar-refractivity contribution is 0.152. The predicted octanol–water partition coefficient (Wildman–Crippen LogP) is 1.56. The van der Waals surface area contributed by atoms with Gasteiger partial charge in [0.05, 0.1) is 17.7 Å². The predicted molar refractivity (Wildman–Crippen MR) is 81.9 cm³/mol. The zero-order valence-corrected chi connectivity index (χ0v) is 11.7. The number of amidine groups is 1. The Bertz CT molecular complexity index is 664. The van der Waals surface area contributed by atoms with Gasteiger partial charge in [0.25, 0.3) is 0 Å². The summed E-state index contributed by atoms with van der Waals surface area (Å²) in [6, 6.07) is 9.74. The highest BCUT2D eigenvalue weighted by molar-refractivity contribution is 6.04. The number of oxime groups is 1. The first-order valence-electron chi connectivity index (χ1n) is 7.00. The molecule has 21 heavy (non-hydrogen) atoms. The molecule has 0 aliphatic carbocycles. The molecule has 1 fully saturated rings. The Morgan fingerprint density at radius 2 is 2.14 bits per heavy atom. The molecular formula is C15H18N4O2. The third kappa shape index (κ3) is 2.75. The van der Waals surface area contributed by atoms with E-state index in [1.54, 1.807) is 0 Å². The first-order chi connectivity index (χ1) is 10.3. The quantitative estimate of drug-likeness (QED) is 0.379. The van der Waals surface area contributed by atoms with E-state index in [9.17, 15) is 0 Å². The van der Waals surface area contributed by atoms with Gasteiger partial charge in [0, 0.05) is 25.1 Å². The third-order valence-corrected chi connectivity index (χ3v) is 3.61. The SMILES string of the molecule is NC(=NO)c1cc2ccccc2nc1N1CCCOCC1. The molecule has 1 aromatic heterocycles. The lowest BCUT2D eigenvalue weighted by Gasteiger charge is -2.23. The van der Waals surface area contributed by atoms with E-state index in [1.165, 1.54) is 0 Å². The van der Waals surface area contributed by atoms with Crippen LogP contribution in [0.15, 0.2) is 35.5 Å². The van der Waals surface area contributed by atoms with Gasteiger partial charge >= 0.3 is 0 Å². The smallest absolute Gasteiger partial charge is 0.173 e. The average molecular weight is 286 g/mol. The van der Waals surface area contributed by atoms with Crippen LogP contribution in [0.4, 0.5) is 5.82 Å². The topological polar surface area (TPSA) is 84.0 Å². The molecule has 0 bridgehead atoms. The van der Waals surface area contributed by atoms with Gasteiger partial charge in [0.2, 0.25) is 0 Å². The van der Waals surface area contributed by atoms with Crippen molar-refractivity contribution in [2.24, 2.45) is 10.9 Å². The summed E-state index contributed by atoms with van der Waals surface area (Å²) in [4.78, 5) is 6.84. The number of nitrogens with two attached hydrogens (primary N) is 1. The Kier molecular flexibility index (Phi) is 3.87. The maximum absolute atomic E-state index is 9.03. The van der Waals surface area contributed by atoms with Crippen molar-refractivity contribution in [3.05, 3.63) is 35.9 Å². The van der Waals surface area contributed by atoms with Gasteiger partial charge < -0.3 is 20.6 Å². The minimum atomic E-state index is 0.0772. The molecule has 6 heteroatoms. The highest BCUT2D eigenvalue weighted by Gasteiger charge is 2.18. The van der Waals surface area contributed by atoms with Crippen molar-refractivity contribution < 1.29 is 9.94 Å². The first kappa shape index (κ1) is 13.6. The second-order valence-corrected chi connectivity index (χ2v) is 4.99. The number of ether oxygens (including phenoxy) is 1. The second-order valence-electron chi connectivity index (χ2n) is 4.99. The first-order valence-corrected chi connectivity index (χ1v) is 7.00. The molecular weight excluding hydrogens is 268 g/mol. The van der Waals surface area contributed by atoms with Gasteiger partial charge in [-0.3, -0.25) is 0 Å². The molecule has 2 heterocycles. The van der Waals surface area contributed by atoms with Gasteiger partial charge in [-0.1, -0.05) is 23.4 Å². The third-order valence-electron chi connectivity index (χ3n) is 3.61. The maximum Gasteiger partial charge on any atom is 0.173 e.